The number of hydrogen-bond acceptors (Lipinski definition) is 5. The molecule has 5 nitrogen and oxygen atoms in total. The number of nitrogens with zero attached hydrogens (tertiary/aromatic N) is 3. The third-order valence-corrected chi connectivity index (χ3v) is 2.90. The van der Waals surface area contributed by atoms with Gasteiger partial charge in [-0.1, -0.05) is 19.0 Å². The molecule has 2 aromatic rings. The minimum absolute atomic E-state index is 0.393. The molecule has 1 unspecified atom stereocenters. The molecule has 0 radical (unpaired) electrons. The van der Waals surface area contributed by atoms with Gasteiger partial charge in [-0.2, -0.15) is 4.98 Å². The van der Waals surface area contributed by atoms with E-state index in [2.05, 4.69) is 29.0 Å². The lowest BCUT2D eigenvalue weighted by Crippen LogP contribution is -2.13. The summed E-state index contributed by atoms with van der Waals surface area (Å²) in [6.07, 6.45) is 4.12. The molecule has 2 heterocycles. The molecule has 0 aliphatic heterocycles. The first kappa shape index (κ1) is 13.7. The second kappa shape index (κ2) is 5.93. The van der Waals surface area contributed by atoms with E-state index in [0.717, 1.165) is 17.5 Å². The van der Waals surface area contributed by atoms with Crippen LogP contribution in [-0.4, -0.2) is 26.3 Å². The smallest absolute Gasteiger partial charge is 0.229 e. The first-order valence-corrected chi connectivity index (χ1v) is 6.48. The quantitative estimate of drug-likeness (QED) is 0.894. The van der Waals surface area contributed by atoms with E-state index in [1.54, 1.807) is 12.4 Å². The lowest BCUT2D eigenvalue weighted by Gasteiger charge is -2.09. The number of aliphatic hydroxyl groups excluding tert-OH is 1. The SMILES string of the molecule is Cc1ccncc1-c1noc(CC(O)CC(C)C)n1. The molecule has 0 spiro atoms. The van der Waals surface area contributed by atoms with Crippen LogP contribution in [0.25, 0.3) is 11.4 Å². The van der Waals surface area contributed by atoms with Crippen molar-refractivity contribution in [2.24, 2.45) is 5.92 Å². The van der Waals surface area contributed by atoms with Gasteiger partial charge >= 0.3 is 0 Å². The molecule has 2 aromatic heterocycles. The summed E-state index contributed by atoms with van der Waals surface area (Å²) in [6.45, 7) is 6.11. The molecule has 0 fully saturated rings. The van der Waals surface area contributed by atoms with E-state index in [-0.39, 0.29) is 0 Å². The van der Waals surface area contributed by atoms with Crippen LogP contribution in [0.2, 0.25) is 0 Å². The third-order valence-electron chi connectivity index (χ3n) is 2.90. The molecule has 0 aliphatic carbocycles. The number of pyridine rings is 1. The normalized spacial score (nSPS) is 12.9. The standard InChI is InChI=1S/C14H19N3O2/c1-9(2)6-11(18)7-13-16-14(17-19-13)12-8-15-5-4-10(12)3/h4-5,8-9,11,18H,6-7H2,1-3H3. The van der Waals surface area contributed by atoms with E-state index in [4.69, 9.17) is 4.52 Å². The molecule has 0 saturated heterocycles. The van der Waals surface area contributed by atoms with Gasteiger partial charge in [0.25, 0.3) is 0 Å². The zero-order valence-electron chi connectivity index (χ0n) is 11.5. The zero-order valence-corrected chi connectivity index (χ0v) is 11.5. The van der Waals surface area contributed by atoms with Crippen LogP contribution < -0.4 is 0 Å². The Labute approximate surface area is 112 Å². The third kappa shape index (κ3) is 3.61. The molecule has 102 valence electrons. The summed E-state index contributed by atoms with van der Waals surface area (Å²) >= 11 is 0. The highest BCUT2D eigenvalue weighted by atomic mass is 16.5. The van der Waals surface area contributed by atoms with Crippen molar-refractivity contribution in [2.75, 3.05) is 0 Å². The minimum Gasteiger partial charge on any atom is -0.393 e. The highest BCUT2D eigenvalue weighted by molar-refractivity contribution is 5.57. The Morgan fingerprint density at radius 2 is 2.16 bits per heavy atom. The van der Waals surface area contributed by atoms with E-state index in [0.29, 0.717) is 24.1 Å². The molecular formula is C14H19N3O2. The second-order valence-electron chi connectivity index (χ2n) is 5.19. The van der Waals surface area contributed by atoms with Crippen molar-refractivity contribution in [3.8, 4) is 11.4 Å². The minimum atomic E-state index is -0.441. The maximum atomic E-state index is 9.87. The number of hydrogen-bond donors (Lipinski definition) is 1. The second-order valence-corrected chi connectivity index (χ2v) is 5.19. The van der Waals surface area contributed by atoms with E-state index in [1.807, 2.05) is 13.0 Å². The van der Waals surface area contributed by atoms with Crippen LogP contribution in [0.3, 0.4) is 0 Å². The lowest BCUT2D eigenvalue weighted by atomic mass is 10.0. The van der Waals surface area contributed by atoms with Crippen LogP contribution in [0.4, 0.5) is 0 Å². The average Bonchev–Trinajstić information content (AvgIpc) is 2.76. The Balaban J connectivity index is 2.09. The summed E-state index contributed by atoms with van der Waals surface area (Å²) in [5.74, 6) is 1.43. The fraction of sp³-hybridized carbons (Fsp3) is 0.500. The van der Waals surface area contributed by atoms with Gasteiger partial charge in [0, 0.05) is 18.0 Å². The Kier molecular flexibility index (Phi) is 4.27. The first-order chi connectivity index (χ1) is 9.06. The summed E-state index contributed by atoms with van der Waals surface area (Å²) in [5.41, 5.74) is 1.90. The number of aryl methyl sites for hydroxylation is 1. The van der Waals surface area contributed by atoms with Gasteiger partial charge in [0.2, 0.25) is 11.7 Å². The highest BCUT2D eigenvalue weighted by Gasteiger charge is 2.15. The van der Waals surface area contributed by atoms with Crippen LogP contribution in [-0.2, 0) is 6.42 Å². The van der Waals surface area contributed by atoms with Crippen molar-refractivity contribution in [2.45, 2.75) is 39.7 Å². The Bertz CT molecular complexity index is 537. The summed E-state index contributed by atoms with van der Waals surface area (Å²) < 4.78 is 5.18. The van der Waals surface area contributed by atoms with Crippen molar-refractivity contribution in [1.82, 2.24) is 15.1 Å². The van der Waals surface area contributed by atoms with Crippen LogP contribution in [0.1, 0.15) is 31.7 Å². The Morgan fingerprint density at radius 3 is 2.84 bits per heavy atom. The molecule has 0 bridgehead atoms. The molecular weight excluding hydrogens is 242 g/mol. The van der Waals surface area contributed by atoms with Gasteiger partial charge in [-0.25, -0.2) is 0 Å². The Morgan fingerprint density at radius 1 is 1.37 bits per heavy atom. The van der Waals surface area contributed by atoms with Gasteiger partial charge in [0.1, 0.15) is 0 Å². The number of aromatic nitrogens is 3. The molecule has 2 rings (SSSR count). The van der Waals surface area contributed by atoms with Crippen molar-refractivity contribution >= 4 is 0 Å². The molecule has 19 heavy (non-hydrogen) atoms. The number of rotatable bonds is 5. The van der Waals surface area contributed by atoms with E-state index < -0.39 is 6.10 Å². The number of aliphatic hydroxyl groups is 1. The average molecular weight is 261 g/mol. The maximum absolute atomic E-state index is 9.87. The van der Waals surface area contributed by atoms with E-state index in [1.165, 1.54) is 0 Å². The zero-order chi connectivity index (χ0) is 13.8. The monoisotopic (exact) mass is 261 g/mol. The largest absolute Gasteiger partial charge is 0.393 e. The lowest BCUT2D eigenvalue weighted by molar-refractivity contribution is 0.138. The fourth-order valence-corrected chi connectivity index (χ4v) is 1.97. The topological polar surface area (TPSA) is 72.0 Å². The summed E-state index contributed by atoms with van der Waals surface area (Å²) in [4.78, 5) is 8.37. The van der Waals surface area contributed by atoms with Crippen molar-refractivity contribution in [3.63, 3.8) is 0 Å². The molecule has 0 aliphatic rings. The van der Waals surface area contributed by atoms with Crippen LogP contribution in [0.5, 0.6) is 0 Å². The fourth-order valence-electron chi connectivity index (χ4n) is 1.97. The maximum Gasteiger partial charge on any atom is 0.229 e. The molecule has 0 saturated carbocycles. The van der Waals surface area contributed by atoms with Gasteiger partial charge in [-0.15, -0.1) is 0 Å². The van der Waals surface area contributed by atoms with Gasteiger partial charge in [-0.05, 0) is 30.9 Å². The summed E-state index contributed by atoms with van der Waals surface area (Å²) in [7, 11) is 0. The van der Waals surface area contributed by atoms with Crippen molar-refractivity contribution in [3.05, 3.63) is 29.9 Å². The van der Waals surface area contributed by atoms with Gasteiger partial charge in [-0.3, -0.25) is 4.98 Å². The molecule has 1 atom stereocenters. The van der Waals surface area contributed by atoms with E-state index >= 15 is 0 Å². The molecule has 1 N–H and O–H groups in total. The summed E-state index contributed by atoms with van der Waals surface area (Å²) in [5, 5.41) is 13.8. The molecule has 0 amide bonds. The van der Waals surface area contributed by atoms with Crippen molar-refractivity contribution in [1.29, 1.82) is 0 Å². The van der Waals surface area contributed by atoms with E-state index in [9.17, 15) is 5.11 Å². The predicted octanol–water partition coefficient (Wildman–Crippen LogP) is 2.39. The Hall–Kier alpha value is -1.75. The van der Waals surface area contributed by atoms with Crippen molar-refractivity contribution < 1.29 is 9.63 Å². The molecule has 0 aromatic carbocycles. The molecule has 5 heteroatoms. The van der Waals surface area contributed by atoms with Crippen LogP contribution in [0, 0.1) is 12.8 Å². The summed E-state index contributed by atoms with van der Waals surface area (Å²) in [6, 6.07) is 1.90. The highest BCUT2D eigenvalue weighted by Crippen LogP contribution is 2.19. The van der Waals surface area contributed by atoms with Crippen LogP contribution in [0.15, 0.2) is 23.0 Å². The predicted molar refractivity (Wildman–Crippen MR) is 71.4 cm³/mol. The van der Waals surface area contributed by atoms with Gasteiger partial charge < -0.3 is 9.63 Å². The van der Waals surface area contributed by atoms with Gasteiger partial charge in [0.05, 0.1) is 12.5 Å². The van der Waals surface area contributed by atoms with Crippen LogP contribution >= 0.6 is 0 Å². The van der Waals surface area contributed by atoms with Gasteiger partial charge in [0.15, 0.2) is 0 Å². The first-order valence-electron chi connectivity index (χ1n) is 6.48.